The van der Waals surface area contributed by atoms with Gasteiger partial charge in [0.25, 0.3) is 0 Å². The number of anilines is 1. The summed E-state index contributed by atoms with van der Waals surface area (Å²) in [5.41, 5.74) is 2.20. The smallest absolute Gasteiger partial charge is 0.305 e. The Balaban J connectivity index is 1.93. The maximum atomic E-state index is 12.1. The summed E-state index contributed by atoms with van der Waals surface area (Å²) in [6, 6.07) is 7.57. The first-order valence-corrected chi connectivity index (χ1v) is 6.40. The highest BCUT2D eigenvalue weighted by molar-refractivity contribution is 5.81. The summed E-state index contributed by atoms with van der Waals surface area (Å²) in [6.07, 6.45) is 0.636. The van der Waals surface area contributed by atoms with Gasteiger partial charge in [0.15, 0.2) is 0 Å². The highest BCUT2D eigenvalue weighted by Crippen LogP contribution is 2.24. The number of fused-ring (bicyclic) bond motifs is 1. The minimum atomic E-state index is -0.903. The van der Waals surface area contributed by atoms with Crippen molar-refractivity contribution in [1.82, 2.24) is 5.32 Å². The van der Waals surface area contributed by atoms with Crippen LogP contribution in [0.4, 0.5) is 5.69 Å². The molecule has 0 saturated carbocycles. The van der Waals surface area contributed by atoms with Crippen molar-refractivity contribution in [1.29, 1.82) is 0 Å². The number of carbonyl (C=O) groups excluding carboxylic acids is 1. The predicted molar refractivity (Wildman–Crippen MR) is 72.0 cm³/mol. The number of hydrogen-bond donors (Lipinski definition) is 3. The molecule has 0 saturated heterocycles. The minimum Gasteiger partial charge on any atom is -0.481 e. The molecule has 2 rings (SSSR count). The molecule has 1 amide bonds. The molecule has 0 spiro atoms. The van der Waals surface area contributed by atoms with Gasteiger partial charge in [-0.05, 0) is 25.0 Å². The lowest BCUT2D eigenvalue weighted by Crippen LogP contribution is -2.42. The first-order valence-electron chi connectivity index (χ1n) is 6.40. The van der Waals surface area contributed by atoms with E-state index in [2.05, 4.69) is 10.6 Å². The number of carbonyl (C=O) groups is 2. The molecule has 0 aliphatic carbocycles. The SMILES string of the molecule is CC(CC(=O)O)NC(=O)C1CNc2ccccc2C1. The molecule has 1 aliphatic rings. The first-order chi connectivity index (χ1) is 9.06. The van der Waals surface area contributed by atoms with Crippen molar-refractivity contribution in [2.75, 3.05) is 11.9 Å². The zero-order valence-electron chi connectivity index (χ0n) is 10.8. The molecule has 0 fully saturated rings. The van der Waals surface area contributed by atoms with E-state index >= 15 is 0 Å². The summed E-state index contributed by atoms with van der Waals surface area (Å²) in [6.45, 7) is 2.29. The summed E-state index contributed by atoms with van der Waals surface area (Å²) in [7, 11) is 0. The molecule has 102 valence electrons. The number of carboxylic acid groups (broad SMARTS) is 1. The molecule has 0 aromatic heterocycles. The number of rotatable bonds is 4. The molecule has 3 N–H and O–H groups in total. The Hall–Kier alpha value is -2.04. The van der Waals surface area contributed by atoms with Gasteiger partial charge in [0.2, 0.25) is 5.91 Å². The summed E-state index contributed by atoms with van der Waals surface area (Å²) in [5, 5.41) is 14.7. The van der Waals surface area contributed by atoms with Crippen molar-refractivity contribution in [3.05, 3.63) is 29.8 Å². The van der Waals surface area contributed by atoms with Gasteiger partial charge in [-0.2, -0.15) is 0 Å². The van der Waals surface area contributed by atoms with Crippen LogP contribution in [0, 0.1) is 5.92 Å². The van der Waals surface area contributed by atoms with Crippen molar-refractivity contribution in [3.63, 3.8) is 0 Å². The second-order valence-electron chi connectivity index (χ2n) is 4.95. The number of amides is 1. The zero-order chi connectivity index (χ0) is 13.8. The lowest BCUT2D eigenvalue weighted by Gasteiger charge is -2.26. The average molecular weight is 262 g/mol. The number of benzene rings is 1. The fourth-order valence-electron chi connectivity index (χ4n) is 2.30. The number of nitrogens with one attached hydrogen (secondary N) is 2. The lowest BCUT2D eigenvalue weighted by atomic mass is 9.93. The van der Waals surface area contributed by atoms with Gasteiger partial charge in [0.1, 0.15) is 0 Å². The van der Waals surface area contributed by atoms with Crippen molar-refractivity contribution in [3.8, 4) is 0 Å². The van der Waals surface area contributed by atoms with E-state index in [1.54, 1.807) is 6.92 Å². The fourth-order valence-corrected chi connectivity index (χ4v) is 2.30. The Labute approximate surface area is 112 Å². The Morgan fingerprint density at radius 3 is 2.95 bits per heavy atom. The Morgan fingerprint density at radius 2 is 2.21 bits per heavy atom. The third kappa shape index (κ3) is 3.47. The van der Waals surface area contributed by atoms with E-state index in [1.807, 2.05) is 24.3 Å². The average Bonchev–Trinajstić information content (AvgIpc) is 2.37. The van der Waals surface area contributed by atoms with Crippen LogP contribution < -0.4 is 10.6 Å². The zero-order valence-corrected chi connectivity index (χ0v) is 10.8. The van der Waals surface area contributed by atoms with Gasteiger partial charge in [-0.1, -0.05) is 18.2 Å². The molecule has 2 unspecified atom stereocenters. The van der Waals surface area contributed by atoms with E-state index in [-0.39, 0.29) is 24.3 Å². The third-order valence-electron chi connectivity index (χ3n) is 3.26. The monoisotopic (exact) mass is 262 g/mol. The molecule has 1 aromatic rings. The lowest BCUT2D eigenvalue weighted by molar-refractivity contribution is -0.137. The summed E-state index contributed by atoms with van der Waals surface area (Å²) in [4.78, 5) is 22.6. The first kappa shape index (κ1) is 13.4. The molecule has 2 atom stereocenters. The highest BCUT2D eigenvalue weighted by atomic mass is 16.4. The molecule has 1 heterocycles. The maximum absolute atomic E-state index is 12.1. The largest absolute Gasteiger partial charge is 0.481 e. The van der Waals surface area contributed by atoms with Crippen molar-refractivity contribution < 1.29 is 14.7 Å². The molecule has 1 aliphatic heterocycles. The Bertz CT molecular complexity index is 487. The van der Waals surface area contributed by atoms with Crippen LogP contribution in [0.25, 0.3) is 0 Å². The van der Waals surface area contributed by atoms with Gasteiger partial charge in [-0.3, -0.25) is 9.59 Å². The van der Waals surface area contributed by atoms with Crippen LogP contribution in [-0.2, 0) is 16.0 Å². The molecule has 19 heavy (non-hydrogen) atoms. The fraction of sp³-hybridized carbons (Fsp3) is 0.429. The van der Waals surface area contributed by atoms with Crippen molar-refractivity contribution >= 4 is 17.6 Å². The van der Waals surface area contributed by atoms with E-state index in [4.69, 9.17) is 5.11 Å². The third-order valence-corrected chi connectivity index (χ3v) is 3.26. The van der Waals surface area contributed by atoms with Crippen molar-refractivity contribution in [2.24, 2.45) is 5.92 Å². The van der Waals surface area contributed by atoms with E-state index in [0.29, 0.717) is 13.0 Å². The van der Waals surface area contributed by atoms with E-state index in [0.717, 1.165) is 11.3 Å². The van der Waals surface area contributed by atoms with Crippen molar-refractivity contribution in [2.45, 2.75) is 25.8 Å². The van der Waals surface area contributed by atoms with E-state index in [9.17, 15) is 9.59 Å². The number of hydrogen-bond acceptors (Lipinski definition) is 3. The van der Waals surface area contributed by atoms with Crippen LogP contribution >= 0.6 is 0 Å². The summed E-state index contributed by atoms with van der Waals surface area (Å²) in [5.74, 6) is -1.14. The molecular formula is C14H18N2O3. The van der Waals surface area contributed by atoms with Crippen LogP contribution in [0.1, 0.15) is 18.9 Å². The van der Waals surface area contributed by atoms with E-state index in [1.165, 1.54) is 0 Å². The van der Waals surface area contributed by atoms with Crippen LogP contribution in [0.2, 0.25) is 0 Å². The van der Waals surface area contributed by atoms with Crippen LogP contribution in [0.3, 0.4) is 0 Å². The van der Waals surface area contributed by atoms with Gasteiger partial charge >= 0.3 is 5.97 Å². The molecule has 5 nitrogen and oxygen atoms in total. The van der Waals surface area contributed by atoms with Crippen LogP contribution in [-0.4, -0.2) is 29.6 Å². The highest BCUT2D eigenvalue weighted by Gasteiger charge is 2.25. The normalized spacial score (nSPS) is 18.9. The molecule has 0 radical (unpaired) electrons. The Kier molecular flexibility index (Phi) is 4.04. The van der Waals surface area contributed by atoms with Gasteiger partial charge in [0, 0.05) is 18.3 Å². The van der Waals surface area contributed by atoms with Gasteiger partial charge in [0.05, 0.1) is 12.3 Å². The standard InChI is InChI=1S/C14H18N2O3/c1-9(6-13(17)18)16-14(19)11-7-10-4-2-3-5-12(10)15-8-11/h2-5,9,11,15H,6-8H2,1H3,(H,16,19)(H,17,18). The summed E-state index contributed by atoms with van der Waals surface area (Å²) < 4.78 is 0. The number of aliphatic carboxylic acids is 1. The molecular weight excluding hydrogens is 244 g/mol. The van der Waals surface area contributed by atoms with Gasteiger partial charge < -0.3 is 15.7 Å². The van der Waals surface area contributed by atoms with Gasteiger partial charge in [-0.25, -0.2) is 0 Å². The molecule has 0 bridgehead atoms. The minimum absolute atomic E-state index is 0.0531. The van der Waals surface area contributed by atoms with Crippen LogP contribution in [0.5, 0.6) is 0 Å². The van der Waals surface area contributed by atoms with Crippen LogP contribution in [0.15, 0.2) is 24.3 Å². The quantitative estimate of drug-likeness (QED) is 0.763. The topological polar surface area (TPSA) is 78.4 Å². The Morgan fingerprint density at radius 1 is 1.47 bits per heavy atom. The predicted octanol–water partition coefficient (Wildman–Crippen LogP) is 1.25. The molecule has 1 aromatic carbocycles. The number of para-hydroxylation sites is 1. The molecule has 5 heteroatoms. The second kappa shape index (κ2) is 5.73. The second-order valence-corrected chi connectivity index (χ2v) is 4.95. The summed E-state index contributed by atoms with van der Waals surface area (Å²) >= 11 is 0. The van der Waals surface area contributed by atoms with Gasteiger partial charge in [-0.15, -0.1) is 0 Å². The van der Waals surface area contributed by atoms with E-state index < -0.39 is 5.97 Å². The number of carboxylic acids is 1. The maximum Gasteiger partial charge on any atom is 0.305 e.